The molecule has 0 spiro atoms. The standard InChI is InChI=1S/C18H27N5O/c1-17(2)8-13(9-18(3,4)22-17)7-16(24)21-11-14-10-20-15-12-19-5-6-23(14)15/h5-6,10,12-13,22H,7-9,11H2,1-4H3,(H,21,24). The number of nitrogens with one attached hydrogen (secondary N) is 2. The van der Waals surface area contributed by atoms with E-state index in [1.54, 1.807) is 18.6 Å². The molecule has 0 bridgehead atoms. The first-order chi connectivity index (χ1) is 11.2. The summed E-state index contributed by atoms with van der Waals surface area (Å²) >= 11 is 0. The first kappa shape index (κ1) is 16.9. The lowest BCUT2D eigenvalue weighted by atomic mass is 9.74. The van der Waals surface area contributed by atoms with Crippen LogP contribution in [0, 0.1) is 5.92 Å². The molecule has 2 aromatic rings. The Morgan fingerprint density at radius 3 is 2.71 bits per heavy atom. The highest BCUT2D eigenvalue weighted by molar-refractivity contribution is 5.76. The number of fused-ring (bicyclic) bond motifs is 1. The number of aromatic nitrogens is 3. The van der Waals surface area contributed by atoms with Gasteiger partial charge in [0.1, 0.15) is 0 Å². The second-order valence-electron chi connectivity index (χ2n) is 8.20. The molecule has 1 aliphatic rings. The summed E-state index contributed by atoms with van der Waals surface area (Å²) in [5.41, 5.74) is 1.90. The predicted octanol–water partition coefficient (Wildman–Crippen LogP) is 2.29. The molecule has 0 aromatic carbocycles. The van der Waals surface area contributed by atoms with Gasteiger partial charge in [-0.05, 0) is 46.5 Å². The summed E-state index contributed by atoms with van der Waals surface area (Å²) < 4.78 is 1.95. The number of carbonyl (C=O) groups excluding carboxylic acids is 1. The van der Waals surface area contributed by atoms with Crippen LogP contribution in [0.25, 0.3) is 5.65 Å². The molecule has 0 saturated carbocycles. The smallest absolute Gasteiger partial charge is 0.220 e. The van der Waals surface area contributed by atoms with Gasteiger partial charge in [0.15, 0.2) is 5.65 Å². The van der Waals surface area contributed by atoms with Crippen LogP contribution in [0.5, 0.6) is 0 Å². The highest BCUT2D eigenvalue weighted by Gasteiger charge is 2.38. The minimum atomic E-state index is 0.0708. The zero-order valence-corrected chi connectivity index (χ0v) is 15.0. The molecule has 1 aliphatic heterocycles. The molecule has 2 N–H and O–H groups in total. The second-order valence-corrected chi connectivity index (χ2v) is 8.20. The van der Waals surface area contributed by atoms with E-state index < -0.39 is 0 Å². The van der Waals surface area contributed by atoms with E-state index >= 15 is 0 Å². The molecule has 24 heavy (non-hydrogen) atoms. The van der Waals surface area contributed by atoms with Crippen LogP contribution in [-0.4, -0.2) is 31.4 Å². The van der Waals surface area contributed by atoms with Gasteiger partial charge in [-0.25, -0.2) is 4.98 Å². The Kier molecular flexibility index (Phi) is 4.34. The van der Waals surface area contributed by atoms with E-state index in [1.165, 1.54) is 0 Å². The van der Waals surface area contributed by atoms with E-state index in [0.29, 0.717) is 18.9 Å². The third kappa shape index (κ3) is 3.93. The maximum Gasteiger partial charge on any atom is 0.220 e. The number of amides is 1. The third-order valence-corrected chi connectivity index (χ3v) is 4.61. The Morgan fingerprint density at radius 2 is 2.00 bits per heavy atom. The van der Waals surface area contributed by atoms with E-state index in [2.05, 4.69) is 48.3 Å². The fourth-order valence-corrected chi connectivity index (χ4v) is 4.23. The van der Waals surface area contributed by atoms with Crippen molar-refractivity contribution in [1.82, 2.24) is 25.0 Å². The molecule has 0 aliphatic carbocycles. The number of carbonyl (C=O) groups is 1. The summed E-state index contributed by atoms with van der Waals surface area (Å²) in [5, 5.41) is 6.70. The molecular formula is C18H27N5O. The molecule has 1 amide bonds. The van der Waals surface area contributed by atoms with Gasteiger partial charge in [-0.15, -0.1) is 0 Å². The lowest BCUT2D eigenvalue weighted by Gasteiger charge is -2.46. The Morgan fingerprint density at radius 1 is 1.29 bits per heavy atom. The minimum Gasteiger partial charge on any atom is -0.350 e. The van der Waals surface area contributed by atoms with Crippen molar-refractivity contribution < 1.29 is 4.79 Å². The first-order valence-corrected chi connectivity index (χ1v) is 8.56. The maximum absolute atomic E-state index is 12.4. The van der Waals surface area contributed by atoms with Crippen molar-refractivity contribution in [3.8, 4) is 0 Å². The minimum absolute atomic E-state index is 0.0708. The van der Waals surface area contributed by atoms with Crippen molar-refractivity contribution in [2.45, 2.75) is 64.6 Å². The van der Waals surface area contributed by atoms with Gasteiger partial charge in [0, 0.05) is 29.9 Å². The molecule has 0 radical (unpaired) electrons. The topological polar surface area (TPSA) is 71.3 Å². The summed E-state index contributed by atoms with van der Waals surface area (Å²) in [6.07, 6.45) is 9.70. The summed E-state index contributed by atoms with van der Waals surface area (Å²) in [7, 11) is 0. The monoisotopic (exact) mass is 329 g/mol. The number of hydrogen-bond donors (Lipinski definition) is 2. The van der Waals surface area contributed by atoms with Crippen molar-refractivity contribution in [3.05, 3.63) is 30.5 Å². The van der Waals surface area contributed by atoms with Gasteiger partial charge in [0.05, 0.1) is 24.6 Å². The van der Waals surface area contributed by atoms with E-state index in [4.69, 9.17) is 0 Å². The molecule has 3 rings (SSSR count). The van der Waals surface area contributed by atoms with Gasteiger partial charge < -0.3 is 10.6 Å². The summed E-state index contributed by atoms with van der Waals surface area (Å²) in [6.45, 7) is 9.34. The van der Waals surface area contributed by atoms with E-state index in [9.17, 15) is 4.79 Å². The van der Waals surface area contributed by atoms with Crippen molar-refractivity contribution in [2.75, 3.05) is 0 Å². The zero-order valence-electron chi connectivity index (χ0n) is 15.0. The SMILES string of the molecule is CC1(C)CC(CC(=O)NCc2cnc3cnccn23)CC(C)(C)N1. The zero-order chi connectivity index (χ0) is 17.4. The summed E-state index contributed by atoms with van der Waals surface area (Å²) in [4.78, 5) is 20.7. The maximum atomic E-state index is 12.4. The summed E-state index contributed by atoms with van der Waals surface area (Å²) in [5.74, 6) is 0.514. The third-order valence-electron chi connectivity index (χ3n) is 4.61. The van der Waals surface area contributed by atoms with Crippen molar-refractivity contribution >= 4 is 11.6 Å². The quantitative estimate of drug-likeness (QED) is 0.903. The molecule has 2 aromatic heterocycles. The lowest BCUT2D eigenvalue weighted by Crippen LogP contribution is -2.58. The molecule has 0 atom stereocenters. The predicted molar refractivity (Wildman–Crippen MR) is 93.5 cm³/mol. The number of piperidine rings is 1. The van der Waals surface area contributed by atoms with Gasteiger partial charge in [0.25, 0.3) is 0 Å². The number of nitrogens with zero attached hydrogens (tertiary/aromatic N) is 3. The molecule has 1 fully saturated rings. The van der Waals surface area contributed by atoms with Gasteiger partial charge in [0.2, 0.25) is 5.91 Å². The largest absolute Gasteiger partial charge is 0.350 e. The van der Waals surface area contributed by atoms with Crippen molar-refractivity contribution in [3.63, 3.8) is 0 Å². The molecule has 0 unspecified atom stereocenters. The Balaban J connectivity index is 1.58. The number of hydrogen-bond acceptors (Lipinski definition) is 4. The van der Waals surface area contributed by atoms with Crippen LogP contribution < -0.4 is 10.6 Å². The van der Waals surface area contributed by atoms with Crippen LogP contribution in [0.1, 0.15) is 52.7 Å². The van der Waals surface area contributed by atoms with E-state index in [-0.39, 0.29) is 17.0 Å². The first-order valence-electron chi connectivity index (χ1n) is 8.56. The second kappa shape index (κ2) is 6.16. The van der Waals surface area contributed by atoms with E-state index in [0.717, 1.165) is 24.2 Å². The Bertz CT molecular complexity index is 718. The molecule has 6 heteroatoms. The molecule has 130 valence electrons. The lowest BCUT2D eigenvalue weighted by molar-refractivity contribution is -0.122. The van der Waals surface area contributed by atoms with Gasteiger partial charge >= 0.3 is 0 Å². The number of rotatable bonds is 4. The average molecular weight is 329 g/mol. The van der Waals surface area contributed by atoms with Crippen molar-refractivity contribution in [2.24, 2.45) is 5.92 Å². The molecule has 1 saturated heterocycles. The highest BCUT2D eigenvalue weighted by atomic mass is 16.1. The Labute approximate surface area is 143 Å². The average Bonchev–Trinajstić information content (AvgIpc) is 2.85. The molecular weight excluding hydrogens is 302 g/mol. The van der Waals surface area contributed by atoms with Crippen LogP contribution in [0.2, 0.25) is 0 Å². The Hall–Kier alpha value is -1.95. The van der Waals surface area contributed by atoms with Crippen LogP contribution in [0.3, 0.4) is 0 Å². The van der Waals surface area contributed by atoms with E-state index in [1.807, 2.05) is 10.6 Å². The van der Waals surface area contributed by atoms with Gasteiger partial charge in [-0.1, -0.05) is 0 Å². The van der Waals surface area contributed by atoms with Gasteiger partial charge in [-0.2, -0.15) is 0 Å². The van der Waals surface area contributed by atoms with Crippen molar-refractivity contribution in [1.29, 1.82) is 0 Å². The fourth-order valence-electron chi connectivity index (χ4n) is 4.23. The van der Waals surface area contributed by atoms with Crippen LogP contribution >= 0.6 is 0 Å². The highest BCUT2D eigenvalue weighted by Crippen LogP contribution is 2.34. The fraction of sp³-hybridized carbons (Fsp3) is 0.611. The van der Waals surface area contributed by atoms with Crippen LogP contribution in [0.15, 0.2) is 24.8 Å². The number of imidazole rings is 1. The van der Waals surface area contributed by atoms with Crippen LogP contribution in [0.4, 0.5) is 0 Å². The molecule has 3 heterocycles. The molecule has 6 nitrogen and oxygen atoms in total. The van der Waals surface area contributed by atoms with Gasteiger partial charge in [-0.3, -0.25) is 14.2 Å². The van der Waals surface area contributed by atoms with Crippen LogP contribution in [-0.2, 0) is 11.3 Å². The summed E-state index contributed by atoms with van der Waals surface area (Å²) in [6, 6.07) is 0. The normalized spacial score (nSPS) is 20.2.